The lowest BCUT2D eigenvalue weighted by atomic mass is 10.1. The molecule has 2 fully saturated rings. The molecule has 1 saturated heterocycles. The van der Waals surface area contributed by atoms with E-state index >= 15 is 4.39 Å². The Morgan fingerprint density at radius 2 is 2.03 bits per heavy atom. The quantitative estimate of drug-likeness (QED) is 0.287. The molecule has 1 aromatic heterocycles. The van der Waals surface area contributed by atoms with Gasteiger partial charge in [0.05, 0.1) is 11.8 Å². The fraction of sp³-hybridized carbons (Fsp3) is 0.667. The molecule has 1 aromatic rings. The van der Waals surface area contributed by atoms with Gasteiger partial charge in [-0.05, 0) is 11.6 Å². The van der Waals surface area contributed by atoms with Crippen LogP contribution in [0.15, 0.2) is 22.2 Å². The highest BCUT2D eigenvalue weighted by Gasteiger charge is 2.91. The summed E-state index contributed by atoms with van der Waals surface area (Å²) < 4.78 is 33.2. The molecule has 2 heterocycles. The molecule has 13 heteroatoms. The summed E-state index contributed by atoms with van der Waals surface area (Å²) in [6, 6.07) is -0.0405. The third-order valence-corrected chi connectivity index (χ3v) is 5.35. The molecule has 3 rings (SSSR count). The Hall–Kier alpha value is -3.18. The summed E-state index contributed by atoms with van der Waals surface area (Å²) in [5.74, 6) is -2.59. The van der Waals surface area contributed by atoms with Gasteiger partial charge in [-0.1, -0.05) is 32.8 Å². The van der Waals surface area contributed by atoms with Crippen LogP contribution in [0.3, 0.4) is 0 Å². The number of nitrogens with two attached hydrogens (primary N) is 1. The number of aromatic nitrogens is 2. The molecular weight excluding hydrogens is 415 g/mol. The van der Waals surface area contributed by atoms with E-state index in [1.54, 1.807) is 27.7 Å². The standard InChI is InChI=1S/C18H23FN6O6/c1-8(2)13(26)29-7-17-15(23-24-21)18(17,31-14(27)9(3)4)11(19)12(30-17)25-6-5-10(20)22-16(25)28/h5-6,8-9,11-12,15H,7H2,1-4H3,(H2,20,22,28)/t11-,12+,15?,17-,18+/m0/s1. The maximum atomic E-state index is 15.8. The Morgan fingerprint density at radius 3 is 2.58 bits per heavy atom. The van der Waals surface area contributed by atoms with E-state index in [0.717, 1.165) is 4.57 Å². The molecule has 1 aliphatic carbocycles. The van der Waals surface area contributed by atoms with E-state index < -0.39 is 65.7 Å². The first-order valence-electron chi connectivity index (χ1n) is 9.62. The van der Waals surface area contributed by atoms with Gasteiger partial charge in [0.15, 0.2) is 23.6 Å². The Bertz CT molecular complexity index is 1010. The SMILES string of the molecule is CC(C)C(=O)OC[C@@]12O[C@@H](n3ccc(N)nc3=O)[C@H](F)[C@@]1(OC(=O)C(C)C)C2N=[N+]=[N-]. The normalized spacial score (nSPS) is 31.1. The van der Waals surface area contributed by atoms with Crippen molar-refractivity contribution in [2.45, 2.75) is 57.3 Å². The first-order valence-corrected chi connectivity index (χ1v) is 9.62. The van der Waals surface area contributed by atoms with Crippen molar-refractivity contribution in [3.63, 3.8) is 0 Å². The number of rotatable bonds is 7. The Balaban J connectivity index is 2.06. The molecule has 168 valence electrons. The van der Waals surface area contributed by atoms with Crippen molar-refractivity contribution in [2.24, 2.45) is 17.0 Å². The number of halogens is 1. The first kappa shape index (κ1) is 22.5. The van der Waals surface area contributed by atoms with Crippen LogP contribution < -0.4 is 11.4 Å². The van der Waals surface area contributed by atoms with Gasteiger partial charge < -0.3 is 19.9 Å². The van der Waals surface area contributed by atoms with Crippen LogP contribution in [0.2, 0.25) is 0 Å². The summed E-state index contributed by atoms with van der Waals surface area (Å²) in [6.45, 7) is 5.73. The van der Waals surface area contributed by atoms with Crippen LogP contribution in [0.1, 0.15) is 33.9 Å². The van der Waals surface area contributed by atoms with Gasteiger partial charge in [0.25, 0.3) is 0 Å². The molecule has 31 heavy (non-hydrogen) atoms. The smallest absolute Gasteiger partial charge is 0.351 e. The average molecular weight is 438 g/mol. The van der Waals surface area contributed by atoms with E-state index in [1.807, 2.05) is 0 Å². The second-order valence-corrected chi connectivity index (χ2v) is 8.08. The topological polar surface area (TPSA) is 172 Å². The summed E-state index contributed by atoms with van der Waals surface area (Å²) in [5, 5.41) is 3.54. The number of carbonyl (C=O) groups is 2. The number of azide groups is 1. The van der Waals surface area contributed by atoms with Crippen LogP contribution in [0.5, 0.6) is 0 Å². The number of alkyl halides is 1. The number of nitrogen functional groups attached to an aromatic ring is 1. The molecule has 1 unspecified atom stereocenters. The van der Waals surface area contributed by atoms with Crippen LogP contribution in [0.4, 0.5) is 10.2 Å². The van der Waals surface area contributed by atoms with E-state index in [-0.39, 0.29) is 5.82 Å². The molecule has 0 bridgehead atoms. The molecule has 0 radical (unpaired) electrons. The van der Waals surface area contributed by atoms with Crippen molar-refractivity contribution < 1.29 is 28.2 Å². The lowest BCUT2D eigenvalue weighted by Crippen LogP contribution is -2.41. The largest absolute Gasteiger partial charge is 0.462 e. The van der Waals surface area contributed by atoms with Gasteiger partial charge in [0.1, 0.15) is 18.5 Å². The zero-order valence-electron chi connectivity index (χ0n) is 17.4. The van der Waals surface area contributed by atoms with Crippen molar-refractivity contribution in [3.8, 4) is 0 Å². The number of anilines is 1. The van der Waals surface area contributed by atoms with Crippen LogP contribution >= 0.6 is 0 Å². The van der Waals surface area contributed by atoms with Gasteiger partial charge in [-0.2, -0.15) is 4.98 Å². The van der Waals surface area contributed by atoms with Gasteiger partial charge in [0.2, 0.25) is 0 Å². The predicted molar refractivity (Wildman–Crippen MR) is 103 cm³/mol. The maximum Gasteiger partial charge on any atom is 0.351 e. The number of esters is 2. The average Bonchev–Trinajstić information content (AvgIpc) is 3.13. The molecule has 1 aliphatic heterocycles. The van der Waals surface area contributed by atoms with E-state index in [0.29, 0.717) is 0 Å². The minimum atomic E-state index is -2.13. The number of ether oxygens (including phenoxy) is 3. The van der Waals surface area contributed by atoms with Crippen molar-refractivity contribution >= 4 is 17.8 Å². The van der Waals surface area contributed by atoms with Gasteiger partial charge in [-0.15, -0.1) is 0 Å². The third-order valence-electron chi connectivity index (χ3n) is 5.35. The molecule has 0 aromatic carbocycles. The third kappa shape index (κ3) is 3.39. The van der Waals surface area contributed by atoms with Gasteiger partial charge in [-0.25, -0.2) is 9.18 Å². The molecule has 5 atom stereocenters. The predicted octanol–water partition coefficient (Wildman–Crippen LogP) is 1.26. The van der Waals surface area contributed by atoms with Gasteiger partial charge in [-0.3, -0.25) is 14.2 Å². The number of carbonyl (C=O) groups excluding carboxylic acids is 2. The molecule has 0 amide bonds. The molecular formula is C18H23FN6O6. The lowest BCUT2D eigenvalue weighted by Gasteiger charge is -2.24. The Morgan fingerprint density at radius 1 is 1.39 bits per heavy atom. The Labute approximate surface area is 176 Å². The summed E-state index contributed by atoms with van der Waals surface area (Å²) in [6.07, 6.45) is -2.53. The van der Waals surface area contributed by atoms with E-state index in [1.165, 1.54) is 12.3 Å². The zero-order chi connectivity index (χ0) is 23.1. The highest BCUT2D eigenvalue weighted by Crippen LogP contribution is 2.67. The molecule has 1 saturated carbocycles. The van der Waals surface area contributed by atoms with Crippen LogP contribution in [0, 0.1) is 11.8 Å². The minimum Gasteiger partial charge on any atom is -0.462 e. The zero-order valence-corrected chi connectivity index (χ0v) is 17.4. The number of hydrogen-bond acceptors (Lipinski definition) is 9. The van der Waals surface area contributed by atoms with Crippen molar-refractivity contribution in [1.82, 2.24) is 9.55 Å². The van der Waals surface area contributed by atoms with Gasteiger partial charge in [0, 0.05) is 11.1 Å². The molecule has 2 aliphatic rings. The minimum absolute atomic E-state index is 0.0757. The van der Waals surface area contributed by atoms with Crippen LogP contribution in [0.25, 0.3) is 10.4 Å². The monoisotopic (exact) mass is 438 g/mol. The lowest BCUT2D eigenvalue weighted by molar-refractivity contribution is -0.163. The fourth-order valence-corrected chi connectivity index (χ4v) is 3.61. The molecule has 0 spiro atoms. The Kier molecular flexibility index (Phi) is 5.68. The second kappa shape index (κ2) is 7.82. The number of nitrogens with zero attached hydrogens (tertiary/aromatic N) is 5. The molecule has 2 N–H and O–H groups in total. The van der Waals surface area contributed by atoms with E-state index in [9.17, 15) is 14.4 Å². The van der Waals surface area contributed by atoms with E-state index in [2.05, 4.69) is 15.0 Å². The summed E-state index contributed by atoms with van der Waals surface area (Å²) in [4.78, 5) is 42.9. The van der Waals surface area contributed by atoms with Crippen molar-refractivity contribution in [1.29, 1.82) is 0 Å². The molecule has 12 nitrogen and oxygen atoms in total. The van der Waals surface area contributed by atoms with Crippen LogP contribution in [-0.4, -0.2) is 51.5 Å². The summed E-state index contributed by atoms with van der Waals surface area (Å²) >= 11 is 0. The van der Waals surface area contributed by atoms with Gasteiger partial charge >= 0.3 is 17.6 Å². The highest BCUT2D eigenvalue weighted by molar-refractivity contribution is 5.74. The second-order valence-electron chi connectivity index (χ2n) is 8.08. The summed E-state index contributed by atoms with van der Waals surface area (Å²) in [5.41, 5.74) is 9.66. The first-order chi connectivity index (χ1) is 14.5. The number of fused-ring (bicyclic) bond motifs is 1. The maximum absolute atomic E-state index is 15.8. The van der Waals surface area contributed by atoms with Crippen molar-refractivity contribution in [3.05, 3.63) is 33.2 Å². The number of hydrogen-bond donors (Lipinski definition) is 1. The van der Waals surface area contributed by atoms with Crippen LogP contribution in [-0.2, 0) is 23.8 Å². The highest BCUT2D eigenvalue weighted by atomic mass is 19.1. The van der Waals surface area contributed by atoms with E-state index in [4.69, 9.17) is 25.5 Å². The fourth-order valence-electron chi connectivity index (χ4n) is 3.61. The van der Waals surface area contributed by atoms with Crippen molar-refractivity contribution in [2.75, 3.05) is 12.3 Å². The summed E-state index contributed by atoms with van der Waals surface area (Å²) in [7, 11) is 0.